The average Bonchev–Trinajstić information content (AvgIpc) is 3.16. The Kier molecular flexibility index (Phi) is 2.93. The lowest BCUT2D eigenvalue weighted by molar-refractivity contribution is 0.0849. The monoisotopic (exact) mass is 277 g/mol. The molecular formula is C19H19NO. The van der Waals surface area contributed by atoms with Gasteiger partial charge in [0.1, 0.15) is 0 Å². The highest BCUT2D eigenvalue weighted by Gasteiger charge is 2.52. The number of benzene rings is 2. The molecule has 21 heavy (non-hydrogen) atoms. The minimum absolute atomic E-state index is 0.318. The van der Waals surface area contributed by atoms with E-state index in [0.717, 1.165) is 31.5 Å². The Balaban J connectivity index is 1.89. The maximum absolute atomic E-state index is 13.3. The molecule has 1 heterocycles. The van der Waals surface area contributed by atoms with Crippen LogP contribution in [-0.4, -0.2) is 18.9 Å². The summed E-state index contributed by atoms with van der Waals surface area (Å²) in [5, 5.41) is 3.44. The second-order valence-electron chi connectivity index (χ2n) is 6.19. The van der Waals surface area contributed by atoms with Crippen LogP contribution in [0.4, 0.5) is 0 Å². The summed E-state index contributed by atoms with van der Waals surface area (Å²) in [6, 6.07) is 18.5. The van der Waals surface area contributed by atoms with Crippen LogP contribution in [-0.2, 0) is 11.8 Å². The Hall–Kier alpha value is -1.93. The third-order valence-electron chi connectivity index (χ3n) is 5.18. The van der Waals surface area contributed by atoms with Crippen molar-refractivity contribution in [3.05, 3.63) is 71.3 Å². The van der Waals surface area contributed by atoms with Gasteiger partial charge in [-0.05, 0) is 43.0 Å². The van der Waals surface area contributed by atoms with Crippen molar-refractivity contribution in [3.63, 3.8) is 0 Å². The Morgan fingerprint density at radius 3 is 2.48 bits per heavy atom. The van der Waals surface area contributed by atoms with Gasteiger partial charge in [0, 0.05) is 5.56 Å². The van der Waals surface area contributed by atoms with Crippen molar-refractivity contribution in [1.29, 1.82) is 0 Å². The zero-order valence-corrected chi connectivity index (χ0v) is 12.0. The molecule has 2 aromatic rings. The summed E-state index contributed by atoms with van der Waals surface area (Å²) in [7, 11) is 0. The zero-order valence-electron chi connectivity index (χ0n) is 12.0. The molecule has 0 spiro atoms. The third kappa shape index (κ3) is 1.79. The summed E-state index contributed by atoms with van der Waals surface area (Å²) < 4.78 is 0. The smallest absolute Gasteiger partial charge is 0.174 e. The van der Waals surface area contributed by atoms with E-state index in [1.807, 2.05) is 24.3 Å². The van der Waals surface area contributed by atoms with Gasteiger partial charge in [-0.1, -0.05) is 54.6 Å². The first-order valence-corrected chi connectivity index (χ1v) is 7.71. The molecule has 0 aromatic heterocycles. The molecule has 0 bridgehead atoms. The standard InChI is InChI=1S/C19H19NO/c21-18-17-9-5-4-6-14(17)12-19(18,16-10-11-20-13-16)15-7-2-1-3-8-15/h1-9,16,20H,10-13H2. The van der Waals surface area contributed by atoms with Crippen molar-refractivity contribution in [1.82, 2.24) is 5.32 Å². The van der Waals surface area contributed by atoms with Gasteiger partial charge in [-0.25, -0.2) is 0 Å². The van der Waals surface area contributed by atoms with Crippen molar-refractivity contribution < 1.29 is 4.79 Å². The molecule has 1 fully saturated rings. The number of rotatable bonds is 2. The summed E-state index contributed by atoms with van der Waals surface area (Å²) in [5.41, 5.74) is 2.94. The second-order valence-corrected chi connectivity index (χ2v) is 6.19. The highest BCUT2D eigenvalue weighted by atomic mass is 16.1. The first-order chi connectivity index (χ1) is 10.3. The highest BCUT2D eigenvalue weighted by molar-refractivity contribution is 6.08. The van der Waals surface area contributed by atoms with E-state index in [1.165, 1.54) is 11.1 Å². The molecule has 1 aliphatic heterocycles. The van der Waals surface area contributed by atoms with Gasteiger partial charge in [-0.3, -0.25) is 4.79 Å². The predicted octanol–water partition coefficient (Wildman–Crippen LogP) is 2.97. The minimum Gasteiger partial charge on any atom is -0.316 e. The van der Waals surface area contributed by atoms with Gasteiger partial charge < -0.3 is 5.32 Å². The Bertz CT molecular complexity index is 673. The van der Waals surface area contributed by atoms with Gasteiger partial charge in [0.25, 0.3) is 0 Å². The molecule has 2 nitrogen and oxygen atoms in total. The highest BCUT2D eigenvalue weighted by Crippen LogP contribution is 2.46. The molecule has 1 saturated heterocycles. The van der Waals surface area contributed by atoms with Gasteiger partial charge in [-0.15, -0.1) is 0 Å². The normalized spacial score (nSPS) is 27.8. The lowest BCUT2D eigenvalue weighted by Crippen LogP contribution is -2.42. The second kappa shape index (κ2) is 4.81. The van der Waals surface area contributed by atoms with Crippen LogP contribution in [0.15, 0.2) is 54.6 Å². The van der Waals surface area contributed by atoms with E-state index in [1.54, 1.807) is 0 Å². The van der Waals surface area contributed by atoms with Gasteiger partial charge in [-0.2, -0.15) is 0 Å². The molecular weight excluding hydrogens is 258 g/mol. The van der Waals surface area contributed by atoms with Crippen molar-refractivity contribution in [2.75, 3.05) is 13.1 Å². The van der Waals surface area contributed by atoms with Gasteiger partial charge in [0.2, 0.25) is 0 Å². The van der Waals surface area contributed by atoms with E-state index in [2.05, 4.69) is 35.6 Å². The predicted molar refractivity (Wildman–Crippen MR) is 83.6 cm³/mol. The van der Waals surface area contributed by atoms with E-state index in [9.17, 15) is 4.79 Å². The summed E-state index contributed by atoms with van der Waals surface area (Å²) in [5.74, 6) is 0.706. The number of carbonyl (C=O) groups excluding carboxylic acids is 1. The van der Waals surface area contributed by atoms with E-state index >= 15 is 0 Å². The number of hydrogen-bond acceptors (Lipinski definition) is 2. The zero-order chi connectivity index (χ0) is 14.3. The number of carbonyl (C=O) groups is 1. The Morgan fingerprint density at radius 2 is 1.76 bits per heavy atom. The summed E-state index contributed by atoms with van der Waals surface area (Å²) in [4.78, 5) is 13.3. The Labute approximate surface area is 125 Å². The number of ketones is 1. The molecule has 2 heteroatoms. The Morgan fingerprint density at radius 1 is 1.00 bits per heavy atom. The van der Waals surface area contributed by atoms with Crippen LogP contribution in [0.2, 0.25) is 0 Å². The summed E-state index contributed by atoms with van der Waals surface area (Å²) in [6.45, 7) is 1.96. The lowest BCUT2D eigenvalue weighted by Gasteiger charge is -2.34. The summed E-state index contributed by atoms with van der Waals surface area (Å²) in [6.07, 6.45) is 1.92. The van der Waals surface area contributed by atoms with Crippen LogP contribution in [0.25, 0.3) is 0 Å². The quantitative estimate of drug-likeness (QED) is 0.914. The van der Waals surface area contributed by atoms with E-state index < -0.39 is 0 Å². The van der Waals surface area contributed by atoms with Gasteiger partial charge in [0.05, 0.1) is 5.41 Å². The van der Waals surface area contributed by atoms with Crippen LogP contribution in [0.1, 0.15) is 27.9 Å². The van der Waals surface area contributed by atoms with Crippen molar-refractivity contribution in [3.8, 4) is 0 Å². The molecule has 1 N–H and O–H groups in total. The molecule has 2 aromatic carbocycles. The maximum Gasteiger partial charge on any atom is 0.174 e. The SMILES string of the molecule is O=C1c2ccccc2CC1(c1ccccc1)C1CCNC1. The number of Topliss-reactive ketones (excluding diaryl/α,β-unsaturated/α-hetero) is 1. The van der Waals surface area contributed by atoms with Crippen LogP contribution < -0.4 is 5.32 Å². The fourth-order valence-corrected chi connectivity index (χ4v) is 4.13. The maximum atomic E-state index is 13.3. The van der Waals surface area contributed by atoms with Crippen LogP contribution in [0.5, 0.6) is 0 Å². The van der Waals surface area contributed by atoms with E-state index in [0.29, 0.717) is 11.7 Å². The number of nitrogens with one attached hydrogen (secondary N) is 1. The average molecular weight is 277 g/mol. The fourth-order valence-electron chi connectivity index (χ4n) is 4.13. The van der Waals surface area contributed by atoms with Crippen LogP contribution in [0, 0.1) is 5.92 Å². The molecule has 2 atom stereocenters. The molecule has 2 aliphatic rings. The first kappa shape index (κ1) is 12.8. The number of fused-ring (bicyclic) bond motifs is 1. The van der Waals surface area contributed by atoms with E-state index in [4.69, 9.17) is 0 Å². The van der Waals surface area contributed by atoms with Crippen molar-refractivity contribution >= 4 is 5.78 Å². The van der Waals surface area contributed by atoms with Crippen molar-refractivity contribution in [2.45, 2.75) is 18.3 Å². The molecule has 0 amide bonds. The van der Waals surface area contributed by atoms with E-state index in [-0.39, 0.29) is 5.41 Å². The van der Waals surface area contributed by atoms with Crippen LogP contribution in [0.3, 0.4) is 0 Å². The third-order valence-corrected chi connectivity index (χ3v) is 5.18. The van der Waals surface area contributed by atoms with Gasteiger partial charge in [0.15, 0.2) is 5.78 Å². The molecule has 0 saturated carbocycles. The molecule has 4 rings (SSSR count). The topological polar surface area (TPSA) is 29.1 Å². The molecule has 1 aliphatic carbocycles. The van der Waals surface area contributed by atoms with Crippen LogP contribution >= 0.6 is 0 Å². The first-order valence-electron chi connectivity index (χ1n) is 7.71. The van der Waals surface area contributed by atoms with Crippen molar-refractivity contribution in [2.24, 2.45) is 5.92 Å². The molecule has 0 radical (unpaired) electrons. The summed E-state index contributed by atoms with van der Waals surface area (Å²) >= 11 is 0. The minimum atomic E-state index is -0.367. The fraction of sp³-hybridized carbons (Fsp3) is 0.316. The molecule has 2 unspecified atom stereocenters. The van der Waals surface area contributed by atoms with Gasteiger partial charge >= 0.3 is 0 Å². The largest absolute Gasteiger partial charge is 0.316 e. The number of hydrogen-bond donors (Lipinski definition) is 1. The molecule has 106 valence electrons. The lowest BCUT2D eigenvalue weighted by atomic mass is 9.67.